The molecule has 0 amide bonds. The van der Waals surface area contributed by atoms with Crippen molar-refractivity contribution in [1.29, 1.82) is 0 Å². The lowest BCUT2D eigenvalue weighted by Crippen LogP contribution is -1.98. The molecule has 2 N–H and O–H groups in total. The van der Waals surface area contributed by atoms with Crippen LogP contribution < -0.4 is 5.32 Å². The van der Waals surface area contributed by atoms with Crippen molar-refractivity contribution >= 4 is 27.7 Å². The zero-order valence-corrected chi connectivity index (χ0v) is 9.03. The Morgan fingerprint density at radius 2 is 2.38 bits per heavy atom. The van der Waals surface area contributed by atoms with Gasteiger partial charge in [-0.25, -0.2) is 4.98 Å². The highest BCUT2D eigenvalue weighted by atomic mass is 32.1. The van der Waals surface area contributed by atoms with E-state index in [0.717, 1.165) is 21.7 Å². The van der Waals surface area contributed by atoms with E-state index in [1.807, 2.05) is 12.1 Å². The summed E-state index contributed by atoms with van der Waals surface area (Å²) in [5, 5.41) is 11.2. The molecule has 2 aromatic heterocycles. The van der Waals surface area contributed by atoms with Gasteiger partial charge in [0, 0.05) is 18.1 Å². The number of benzene rings is 1. The van der Waals surface area contributed by atoms with Gasteiger partial charge in [0.2, 0.25) is 5.13 Å². The van der Waals surface area contributed by atoms with Crippen LogP contribution in [0.4, 0.5) is 5.13 Å². The number of fused-ring (bicyclic) bond motifs is 1. The van der Waals surface area contributed by atoms with Crippen molar-refractivity contribution in [3.63, 3.8) is 0 Å². The standard InChI is InChI=1S/C9H8N6S/c1-2-7-8(12-5-11-7)3-6(1)4-10-9-13-14-15-16-9/h1-3,5H,4H2,(H,11,12)(H,10,13,15). The Morgan fingerprint density at radius 1 is 1.38 bits per heavy atom. The van der Waals surface area contributed by atoms with Gasteiger partial charge in [0.25, 0.3) is 0 Å². The second kappa shape index (κ2) is 3.86. The van der Waals surface area contributed by atoms with Gasteiger partial charge in [-0.15, -0.1) is 0 Å². The molecule has 0 aliphatic heterocycles. The van der Waals surface area contributed by atoms with Gasteiger partial charge in [-0.3, -0.25) is 0 Å². The topological polar surface area (TPSA) is 79.4 Å². The fraction of sp³-hybridized carbons (Fsp3) is 0.111. The van der Waals surface area contributed by atoms with E-state index >= 15 is 0 Å². The van der Waals surface area contributed by atoms with Gasteiger partial charge in [-0.2, -0.15) is 0 Å². The molecule has 3 rings (SSSR count). The minimum Gasteiger partial charge on any atom is -0.355 e. The number of H-pyrrole nitrogens is 1. The Labute approximate surface area is 94.9 Å². The third kappa shape index (κ3) is 1.72. The summed E-state index contributed by atoms with van der Waals surface area (Å²) in [4.78, 5) is 7.24. The Hall–Kier alpha value is -2.02. The minimum absolute atomic E-state index is 0.700. The quantitative estimate of drug-likeness (QED) is 0.714. The number of rotatable bonds is 3. The molecule has 3 aromatic rings. The van der Waals surface area contributed by atoms with Crippen molar-refractivity contribution in [2.24, 2.45) is 0 Å². The molecule has 0 bridgehead atoms. The molecule has 16 heavy (non-hydrogen) atoms. The van der Waals surface area contributed by atoms with Crippen LogP contribution in [0.5, 0.6) is 0 Å². The summed E-state index contributed by atoms with van der Waals surface area (Å²) in [7, 11) is 0. The molecular weight excluding hydrogens is 224 g/mol. The molecule has 0 aliphatic carbocycles. The average Bonchev–Trinajstić information content (AvgIpc) is 2.97. The maximum Gasteiger partial charge on any atom is 0.225 e. The first-order valence-electron chi connectivity index (χ1n) is 4.73. The van der Waals surface area contributed by atoms with Crippen molar-refractivity contribution in [1.82, 2.24) is 24.8 Å². The van der Waals surface area contributed by atoms with Crippen LogP contribution in [0.3, 0.4) is 0 Å². The van der Waals surface area contributed by atoms with Crippen LogP contribution in [-0.2, 0) is 6.54 Å². The molecule has 0 atom stereocenters. The van der Waals surface area contributed by atoms with Crippen molar-refractivity contribution < 1.29 is 0 Å². The van der Waals surface area contributed by atoms with Crippen LogP contribution in [0.25, 0.3) is 11.0 Å². The van der Waals surface area contributed by atoms with Crippen molar-refractivity contribution in [3.8, 4) is 0 Å². The van der Waals surface area contributed by atoms with Crippen LogP contribution in [0.1, 0.15) is 5.56 Å². The number of anilines is 1. The minimum atomic E-state index is 0.700. The zero-order chi connectivity index (χ0) is 10.8. The monoisotopic (exact) mass is 232 g/mol. The molecule has 0 fully saturated rings. The molecule has 1 aromatic carbocycles. The Balaban J connectivity index is 1.78. The summed E-state index contributed by atoms with van der Waals surface area (Å²) < 4.78 is 3.68. The summed E-state index contributed by atoms with van der Waals surface area (Å²) in [5.74, 6) is 0. The molecule has 0 saturated heterocycles. The third-order valence-corrected chi connectivity index (χ3v) is 2.78. The molecule has 0 radical (unpaired) electrons. The number of imidazole rings is 1. The lowest BCUT2D eigenvalue weighted by atomic mass is 10.2. The Bertz CT molecular complexity index is 587. The average molecular weight is 232 g/mol. The first-order valence-corrected chi connectivity index (χ1v) is 5.50. The van der Waals surface area contributed by atoms with Gasteiger partial charge >= 0.3 is 0 Å². The number of nitrogens with zero attached hydrogens (tertiary/aromatic N) is 4. The van der Waals surface area contributed by atoms with E-state index < -0.39 is 0 Å². The lowest BCUT2D eigenvalue weighted by Gasteiger charge is -2.01. The molecule has 0 saturated carbocycles. The van der Waals surface area contributed by atoms with Crippen LogP contribution in [0, 0.1) is 0 Å². The molecule has 0 aliphatic rings. The first kappa shape index (κ1) is 9.22. The summed E-state index contributed by atoms with van der Waals surface area (Å²) in [6, 6.07) is 6.08. The van der Waals surface area contributed by atoms with Crippen LogP contribution >= 0.6 is 11.5 Å². The Morgan fingerprint density at radius 3 is 3.25 bits per heavy atom. The van der Waals surface area contributed by atoms with E-state index in [9.17, 15) is 0 Å². The van der Waals surface area contributed by atoms with Gasteiger partial charge in [0.15, 0.2) is 0 Å². The smallest absolute Gasteiger partial charge is 0.225 e. The van der Waals surface area contributed by atoms with Crippen molar-refractivity contribution in [2.75, 3.05) is 5.32 Å². The van der Waals surface area contributed by atoms with Crippen molar-refractivity contribution in [3.05, 3.63) is 30.1 Å². The van der Waals surface area contributed by atoms with E-state index in [-0.39, 0.29) is 0 Å². The molecule has 0 unspecified atom stereocenters. The highest BCUT2D eigenvalue weighted by Crippen LogP contribution is 2.13. The fourth-order valence-corrected chi connectivity index (χ4v) is 1.83. The molecular formula is C9H8N6S. The predicted octanol–water partition coefficient (Wildman–Crippen LogP) is 1.42. The van der Waals surface area contributed by atoms with Crippen LogP contribution in [0.2, 0.25) is 0 Å². The Kier molecular flexibility index (Phi) is 2.22. The lowest BCUT2D eigenvalue weighted by molar-refractivity contribution is 0.951. The normalized spacial score (nSPS) is 10.8. The van der Waals surface area contributed by atoms with Gasteiger partial charge in [0.1, 0.15) is 0 Å². The number of aromatic nitrogens is 5. The second-order valence-electron chi connectivity index (χ2n) is 3.28. The maximum absolute atomic E-state index is 4.16. The van der Waals surface area contributed by atoms with Crippen molar-refractivity contribution in [2.45, 2.75) is 6.54 Å². The zero-order valence-electron chi connectivity index (χ0n) is 8.21. The molecule has 2 heterocycles. The number of aromatic amines is 1. The number of hydrogen-bond acceptors (Lipinski definition) is 6. The summed E-state index contributed by atoms with van der Waals surface area (Å²) in [6.45, 7) is 0.700. The SMILES string of the molecule is c1nc2ccc(CNc3nnns3)cc2[nH]1. The fourth-order valence-electron chi connectivity index (χ4n) is 1.47. The largest absolute Gasteiger partial charge is 0.355 e. The van der Waals surface area contributed by atoms with Gasteiger partial charge in [-0.05, 0) is 22.9 Å². The van der Waals surface area contributed by atoms with Gasteiger partial charge in [0.05, 0.1) is 17.4 Å². The first-order chi connectivity index (χ1) is 7.92. The van der Waals surface area contributed by atoms with E-state index in [1.54, 1.807) is 6.33 Å². The van der Waals surface area contributed by atoms with Crippen LogP contribution in [0.15, 0.2) is 24.5 Å². The van der Waals surface area contributed by atoms with E-state index in [0.29, 0.717) is 6.54 Å². The number of hydrogen-bond donors (Lipinski definition) is 2. The molecule has 7 heteroatoms. The second-order valence-corrected chi connectivity index (χ2v) is 4.01. The summed E-state index contributed by atoms with van der Waals surface area (Å²) >= 11 is 1.24. The van der Waals surface area contributed by atoms with Gasteiger partial charge in [-0.1, -0.05) is 15.7 Å². The summed E-state index contributed by atoms with van der Waals surface area (Å²) in [6.07, 6.45) is 1.69. The maximum atomic E-state index is 4.16. The highest BCUT2D eigenvalue weighted by molar-refractivity contribution is 7.09. The van der Waals surface area contributed by atoms with E-state index in [2.05, 4.69) is 36.2 Å². The highest BCUT2D eigenvalue weighted by Gasteiger charge is 2.00. The van der Waals surface area contributed by atoms with E-state index in [1.165, 1.54) is 11.5 Å². The predicted molar refractivity (Wildman–Crippen MR) is 61.1 cm³/mol. The summed E-state index contributed by atoms with van der Waals surface area (Å²) in [5.41, 5.74) is 3.17. The van der Waals surface area contributed by atoms with E-state index in [4.69, 9.17) is 0 Å². The third-order valence-electron chi connectivity index (χ3n) is 2.23. The van der Waals surface area contributed by atoms with Crippen LogP contribution in [-0.4, -0.2) is 24.8 Å². The van der Waals surface area contributed by atoms with Gasteiger partial charge < -0.3 is 10.3 Å². The molecule has 80 valence electrons. The number of nitrogens with one attached hydrogen (secondary N) is 2. The molecule has 0 spiro atoms. The molecule has 6 nitrogen and oxygen atoms in total.